The fraction of sp³-hybridized carbons (Fsp3) is 0.500. The summed E-state index contributed by atoms with van der Waals surface area (Å²) in [6.07, 6.45) is -2.38. The van der Waals surface area contributed by atoms with Gasteiger partial charge in [0, 0.05) is 0 Å². The molecule has 0 saturated heterocycles. The second kappa shape index (κ2) is 5.25. The highest BCUT2D eigenvalue weighted by Crippen LogP contribution is 2.24. The number of alkyl halides is 2. The lowest BCUT2D eigenvalue weighted by Gasteiger charge is -2.15. The first kappa shape index (κ1) is 12.9. The standard InChI is InChI=1S/C12H17F2NO/c1-7-4-9(6-10(15)12(13)14)11(16-3)5-8(7)2/h4-5,10,12H,6,15H2,1-3H3. The Balaban J connectivity index is 2.98. The molecule has 1 aromatic rings. The molecule has 90 valence electrons. The van der Waals surface area contributed by atoms with Crippen molar-refractivity contribution in [3.05, 3.63) is 28.8 Å². The Morgan fingerprint density at radius 3 is 2.31 bits per heavy atom. The normalized spacial score (nSPS) is 12.9. The van der Waals surface area contributed by atoms with E-state index in [1.165, 1.54) is 7.11 Å². The van der Waals surface area contributed by atoms with Crippen molar-refractivity contribution in [2.45, 2.75) is 32.7 Å². The second-order valence-corrected chi connectivity index (χ2v) is 3.95. The van der Waals surface area contributed by atoms with Crippen LogP contribution in [-0.2, 0) is 6.42 Å². The van der Waals surface area contributed by atoms with Crippen molar-refractivity contribution in [2.75, 3.05) is 7.11 Å². The number of rotatable bonds is 4. The topological polar surface area (TPSA) is 35.2 Å². The van der Waals surface area contributed by atoms with Crippen LogP contribution < -0.4 is 10.5 Å². The molecule has 0 spiro atoms. The molecule has 2 N–H and O–H groups in total. The predicted octanol–water partition coefficient (Wildman–Crippen LogP) is 2.45. The van der Waals surface area contributed by atoms with E-state index in [0.717, 1.165) is 16.7 Å². The lowest BCUT2D eigenvalue weighted by Crippen LogP contribution is -2.31. The van der Waals surface area contributed by atoms with Crippen LogP contribution in [0.25, 0.3) is 0 Å². The summed E-state index contributed by atoms with van der Waals surface area (Å²) < 4.78 is 29.9. The molecule has 0 aromatic heterocycles. The Kier molecular flexibility index (Phi) is 4.24. The molecule has 2 nitrogen and oxygen atoms in total. The Labute approximate surface area is 94.4 Å². The molecule has 0 saturated carbocycles. The first-order valence-electron chi connectivity index (χ1n) is 5.13. The number of methoxy groups -OCH3 is 1. The van der Waals surface area contributed by atoms with E-state index in [9.17, 15) is 8.78 Å². The molecule has 0 aliphatic carbocycles. The molecule has 1 aromatic carbocycles. The highest BCUT2D eigenvalue weighted by Gasteiger charge is 2.18. The van der Waals surface area contributed by atoms with Gasteiger partial charge in [-0.05, 0) is 43.0 Å². The lowest BCUT2D eigenvalue weighted by molar-refractivity contribution is 0.115. The zero-order valence-corrected chi connectivity index (χ0v) is 9.76. The number of benzene rings is 1. The van der Waals surface area contributed by atoms with Crippen LogP contribution in [0.1, 0.15) is 16.7 Å². The monoisotopic (exact) mass is 229 g/mol. The third-order valence-electron chi connectivity index (χ3n) is 2.68. The number of aryl methyl sites for hydroxylation is 2. The first-order valence-corrected chi connectivity index (χ1v) is 5.13. The van der Waals surface area contributed by atoms with Crippen molar-refractivity contribution in [1.82, 2.24) is 0 Å². The lowest BCUT2D eigenvalue weighted by atomic mass is 10.00. The Bertz CT molecular complexity index is 366. The Morgan fingerprint density at radius 2 is 1.81 bits per heavy atom. The quantitative estimate of drug-likeness (QED) is 0.860. The number of halogens is 2. The first-order chi connectivity index (χ1) is 7.45. The van der Waals surface area contributed by atoms with Gasteiger partial charge in [-0.25, -0.2) is 8.78 Å². The van der Waals surface area contributed by atoms with Gasteiger partial charge in [0.1, 0.15) is 5.75 Å². The summed E-state index contributed by atoms with van der Waals surface area (Å²) in [5.41, 5.74) is 8.22. The van der Waals surface area contributed by atoms with Gasteiger partial charge in [0.25, 0.3) is 6.43 Å². The van der Waals surface area contributed by atoms with Crippen LogP contribution in [0.3, 0.4) is 0 Å². The summed E-state index contributed by atoms with van der Waals surface area (Å²) >= 11 is 0. The van der Waals surface area contributed by atoms with Crippen molar-refractivity contribution >= 4 is 0 Å². The van der Waals surface area contributed by atoms with Gasteiger partial charge < -0.3 is 10.5 Å². The summed E-state index contributed by atoms with van der Waals surface area (Å²) in [6.45, 7) is 3.89. The number of nitrogens with two attached hydrogens (primary N) is 1. The van der Waals surface area contributed by atoms with Crippen LogP contribution in [-0.4, -0.2) is 19.6 Å². The smallest absolute Gasteiger partial charge is 0.253 e. The van der Waals surface area contributed by atoms with Crippen LogP contribution in [0.5, 0.6) is 5.75 Å². The van der Waals surface area contributed by atoms with Crippen molar-refractivity contribution < 1.29 is 13.5 Å². The van der Waals surface area contributed by atoms with E-state index in [1.54, 1.807) is 0 Å². The molecule has 0 aliphatic heterocycles. The molecular weight excluding hydrogens is 212 g/mol. The molecular formula is C12H17F2NO. The molecule has 0 radical (unpaired) electrons. The molecule has 1 atom stereocenters. The molecule has 1 unspecified atom stereocenters. The highest BCUT2D eigenvalue weighted by molar-refractivity contribution is 5.42. The predicted molar refractivity (Wildman–Crippen MR) is 60.2 cm³/mol. The molecule has 0 aliphatic rings. The van der Waals surface area contributed by atoms with Crippen molar-refractivity contribution in [3.63, 3.8) is 0 Å². The molecule has 0 bridgehead atoms. The van der Waals surface area contributed by atoms with E-state index in [1.807, 2.05) is 26.0 Å². The molecule has 4 heteroatoms. The maximum Gasteiger partial charge on any atom is 0.253 e. The van der Waals surface area contributed by atoms with E-state index < -0.39 is 12.5 Å². The second-order valence-electron chi connectivity index (χ2n) is 3.95. The number of hydrogen-bond acceptors (Lipinski definition) is 2. The summed E-state index contributed by atoms with van der Waals surface area (Å²) in [4.78, 5) is 0. The van der Waals surface area contributed by atoms with Gasteiger partial charge in [-0.15, -0.1) is 0 Å². The minimum absolute atomic E-state index is 0.127. The Morgan fingerprint density at radius 1 is 1.25 bits per heavy atom. The van der Waals surface area contributed by atoms with Gasteiger partial charge >= 0.3 is 0 Å². The van der Waals surface area contributed by atoms with E-state index in [0.29, 0.717) is 5.75 Å². The zero-order valence-electron chi connectivity index (χ0n) is 9.76. The van der Waals surface area contributed by atoms with Gasteiger partial charge in [-0.2, -0.15) is 0 Å². The van der Waals surface area contributed by atoms with Crippen molar-refractivity contribution in [2.24, 2.45) is 5.73 Å². The van der Waals surface area contributed by atoms with E-state index in [2.05, 4.69) is 0 Å². The molecule has 1 rings (SSSR count). The van der Waals surface area contributed by atoms with Gasteiger partial charge in [-0.1, -0.05) is 6.07 Å². The fourth-order valence-electron chi connectivity index (χ4n) is 1.54. The van der Waals surface area contributed by atoms with Gasteiger partial charge in [0.05, 0.1) is 13.2 Å². The van der Waals surface area contributed by atoms with Crippen LogP contribution in [0, 0.1) is 13.8 Å². The van der Waals surface area contributed by atoms with Crippen molar-refractivity contribution in [3.8, 4) is 5.75 Å². The minimum Gasteiger partial charge on any atom is -0.496 e. The van der Waals surface area contributed by atoms with E-state index in [-0.39, 0.29) is 6.42 Å². The molecule has 0 fully saturated rings. The SMILES string of the molecule is COc1cc(C)c(C)cc1CC(N)C(F)F. The average Bonchev–Trinajstić information content (AvgIpc) is 2.22. The molecule has 0 heterocycles. The highest BCUT2D eigenvalue weighted by atomic mass is 19.3. The minimum atomic E-state index is -2.51. The summed E-state index contributed by atoms with van der Waals surface area (Å²) in [7, 11) is 1.53. The number of ether oxygens (including phenoxy) is 1. The van der Waals surface area contributed by atoms with Crippen LogP contribution in [0.4, 0.5) is 8.78 Å². The van der Waals surface area contributed by atoms with Crippen molar-refractivity contribution in [1.29, 1.82) is 0 Å². The van der Waals surface area contributed by atoms with Gasteiger partial charge in [-0.3, -0.25) is 0 Å². The van der Waals surface area contributed by atoms with Crippen LogP contribution in [0.2, 0.25) is 0 Å². The van der Waals surface area contributed by atoms with Crippen LogP contribution in [0.15, 0.2) is 12.1 Å². The van der Waals surface area contributed by atoms with E-state index in [4.69, 9.17) is 10.5 Å². The third-order valence-corrected chi connectivity index (χ3v) is 2.68. The third kappa shape index (κ3) is 2.92. The largest absolute Gasteiger partial charge is 0.496 e. The Hall–Kier alpha value is -1.16. The summed E-state index contributed by atoms with van der Waals surface area (Å²) in [6, 6.07) is 2.57. The van der Waals surface area contributed by atoms with Gasteiger partial charge in [0.15, 0.2) is 0 Å². The molecule has 16 heavy (non-hydrogen) atoms. The van der Waals surface area contributed by atoms with Gasteiger partial charge in [0.2, 0.25) is 0 Å². The average molecular weight is 229 g/mol. The van der Waals surface area contributed by atoms with Crippen LogP contribution >= 0.6 is 0 Å². The van der Waals surface area contributed by atoms with E-state index >= 15 is 0 Å². The maximum absolute atomic E-state index is 12.4. The number of hydrogen-bond donors (Lipinski definition) is 1. The zero-order chi connectivity index (χ0) is 12.3. The molecule has 0 amide bonds. The maximum atomic E-state index is 12.4. The fourth-order valence-corrected chi connectivity index (χ4v) is 1.54. The summed E-state index contributed by atoms with van der Waals surface area (Å²) in [5, 5.41) is 0. The summed E-state index contributed by atoms with van der Waals surface area (Å²) in [5.74, 6) is 0.624.